The van der Waals surface area contributed by atoms with Crippen molar-refractivity contribution in [3.05, 3.63) is 48.6 Å². The van der Waals surface area contributed by atoms with E-state index in [1.54, 1.807) is 23.2 Å². The second-order valence-electron chi connectivity index (χ2n) is 6.76. The highest BCUT2D eigenvalue weighted by molar-refractivity contribution is 5.97. The van der Waals surface area contributed by atoms with Gasteiger partial charge in [-0.2, -0.15) is 5.10 Å². The van der Waals surface area contributed by atoms with Gasteiger partial charge in [-0.3, -0.25) is 14.5 Å². The molecule has 0 saturated carbocycles. The molecule has 2 amide bonds. The summed E-state index contributed by atoms with van der Waals surface area (Å²) >= 11 is 0. The second-order valence-corrected chi connectivity index (χ2v) is 6.76. The number of aromatic nitrogens is 3. The first-order valence-electron chi connectivity index (χ1n) is 9.24. The minimum atomic E-state index is -0.192. The number of nitrogens with zero attached hydrogens (tertiary/aromatic N) is 4. The Balaban J connectivity index is 1.32. The summed E-state index contributed by atoms with van der Waals surface area (Å²) in [4.78, 5) is 30.4. The fourth-order valence-corrected chi connectivity index (χ4v) is 3.31. The van der Waals surface area contributed by atoms with Crippen molar-refractivity contribution in [2.75, 3.05) is 16.8 Å². The van der Waals surface area contributed by atoms with E-state index in [-0.39, 0.29) is 24.7 Å². The molecule has 28 heavy (non-hydrogen) atoms. The Morgan fingerprint density at radius 3 is 2.75 bits per heavy atom. The van der Waals surface area contributed by atoms with Gasteiger partial charge in [-0.15, -0.1) is 0 Å². The van der Waals surface area contributed by atoms with Crippen molar-refractivity contribution < 1.29 is 14.0 Å². The molecule has 4 rings (SSSR count). The Labute approximate surface area is 162 Å². The van der Waals surface area contributed by atoms with Crippen LogP contribution in [0.25, 0.3) is 11.3 Å². The van der Waals surface area contributed by atoms with Crippen LogP contribution in [0.4, 0.5) is 11.5 Å². The van der Waals surface area contributed by atoms with Crippen LogP contribution in [0.5, 0.6) is 0 Å². The summed E-state index contributed by atoms with van der Waals surface area (Å²) in [6.07, 6.45) is 4.16. The fraction of sp³-hybridized carbons (Fsp3) is 0.300. The van der Waals surface area contributed by atoms with Gasteiger partial charge in [-0.25, -0.2) is 9.67 Å². The lowest BCUT2D eigenvalue weighted by Crippen LogP contribution is -2.37. The number of benzene rings is 1. The number of amides is 2. The molecular formula is C20H21N5O3. The number of rotatable bonds is 5. The van der Waals surface area contributed by atoms with Crippen LogP contribution in [0.15, 0.2) is 47.3 Å². The van der Waals surface area contributed by atoms with Crippen molar-refractivity contribution in [2.45, 2.75) is 32.7 Å². The van der Waals surface area contributed by atoms with Crippen molar-refractivity contribution in [3.63, 3.8) is 0 Å². The van der Waals surface area contributed by atoms with Crippen molar-refractivity contribution in [1.82, 2.24) is 14.8 Å². The van der Waals surface area contributed by atoms with Crippen LogP contribution in [0.3, 0.4) is 0 Å². The number of aryl methyl sites for hydroxylation is 2. The van der Waals surface area contributed by atoms with Gasteiger partial charge in [-0.05, 0) is 37.6 Å². The molecule has 1 aliphatic rings. The number of hydrogen-bond acceptors (Lipinski definition) is 5. The molecule has 144 valence electrons. The van der Waals surface area contributed by atoms with Gasteiger partial charge in [0.2, 0.25) is 11.8 Å². The van der Waals surface area contributed by atoms with Gasteiger partial charge in [0.15, 0.2) is 12.2 Å². The van der Waals surface area contributed by atoms with E-state index < -0.39 is 0 Å². The third-order valence-electron chi connectivity index (χ3n) is 4.66. The summed E-state index contributed by atoms with van der Waals surface area (Å²) in [5, 5.41) is 7.22. The first-order chi connectivity index (χ1) is 13.6. The number of oxazole rings is 1. The van der Waals surface area contributed by atoms with Gasteiger partial charge in [0.25, 0.3) is 0 Å². The van der Waals surface area contributed by atoms with Crippen LogP contribution in [-0.2, 0) is 16.1 Å². The van der Waals surface area contributed by atoms with E-state index >= 15 is 0 Å². The SMILES string of the molecule is Cc1cc2n(n1)CCCN2C(=O)CCC(=O)Nc1ccc(-c2cnco2)cc1. The van der Waals surface area contributed by atoms with Gasteiger partial charge >= 0.3 is 0 Å². The van der Waals surface area contributed by atoms with E-state index in [2.05, 4.69) is 15.4 Å². The van der Waals surface area contributed by atoms with Crippen LogP contribution in [0, 0.1) is 6.92 Å². The number of anilines is 2. The highest BCUT2D eigenvalue weighted by Gasteiger charge is 2.24. The van der Waals surface area contributed by atoms with Crippen LogP contribution in [0.1, 0.15) is 25.0 Å². The first-order valence-corrected chi connectivity index (χ1v) is 9.24. The zero-order valence-corrected chi connectivity index (χ0v) is 15.6. The second kappa shape index (κ2) is 7.67. The Morgan fingerprint density at radius 1 is 1.18 bits per heavy atom. The third-order valence-corrected chi connectivity index (χ3v) is 4.66. The number of nitrogens with one attached hydrogen (secondary N) is 1. The Hall–Kier alpha value is -3.42. The average Bonchev–Trinajstić information content (AvgIpc) is 3.35. The van der Waals surface area contributed by atoms with Crippen molar-refractivity contribution in [3.8, 4) is 11.3 Å². The lowest BCUT2D eigenvalue weighted by Gasteiger charge is -2.27. The zero-order valence-electron chi connectivity index (χ0n) is 15.6. The number of fused-ring (bicyclic) bond motifs is 1. The Morgan fingerprint density at radius 2 is 2.00 bits per heavy atom. The quantitative estimate of drug-likeness (QED) is 0.735. The van der Waals surface area contributed by atoms with E-state index in [4.69, 9.17) is 4.42 Å². The Bertz CT molecular complexity index is 976. The number of hydrogen-bond donors (Lipinski definition) is 1. The maximum Gasteiger partial charge on any atom is 0.228 e. The molecule has 8 nitrogen and oxygen atoms in total. The van der Waals surface area contributed by atoms with Crippen LogP contribution < -0.4 is 10.2 Å². The smallest absolute Gasteiger partial charge is 0.228 e. The van der Waals surface area contributed by atoms with Gasteiger partial charge in [0, 0.05) is 43.2 Å². The molecule has 0 radical (unpaired) electrons. The topological polar surface area (TPSA) is 93.3 Å². The predicted molar refractivity (Wildman–Crippen MR) is 104 cm³/mol. The summed E-state index contributed by atoms with van der Waals surface area (Å²) in [5.41, 5.74) is 2.44. The molecule has 0 spiro atoms. The average molecular weight is 379 g/mol. The molecule has 2 aromatic heterocycles. The van der Waals surface area contributed by atoms with E-state index in [1.807, 2.05) is 29.8 Å². The summed E-state index contributed by atoms with van der Waals surface area (Å²) in [6, 6.07) is 9.19. The monoisotopic (exact) mass is 379 g/mol. The standard InChI is InChI=1S/C20H21N5O3/c1-14-11-19-24(9-2-10-25(19)23-14)20(27)8-7-18(26)22-16-5-3-15(4-6-16)17-12-21-13-28-17/h3-6,11-13H,2,7-10H2,1H3,(H,22,26). The van der Waals surface area contributed by atoms with E-state index in [9.17, 15) is 9.59 Å². The highest BCUT2D eigenvalue weighted by atomic mass is 16.3. The van der Waals surface area contributed by atoms with Crippen LogP contribution >= 0.6 is 0 Å². The van der Waals surface area contributed by atoms with E-state index in [1.165, 1.54) is 6.39 Å². The molecule has 0 unspecified atom stereocenters. The lowest BCUT2D eigenvalue weighted by molar-refractivity contribution is -0.122. The lowest BCUT2D eigenvalue weighted by atomic mass is 10.1. The van der Waals surface area contributed by atoms with E-state index in [0.29, 0.717) is 18.0 Å². The normalized spacial score (nSPS) is 13.2. The minimum Gasteiger partial charge on any atom is -0.444 e. The largest absolute Gasteiger partial charge is 0.444 e. The molecule has 8 heteroatoms. The van der Waals surface area contributed by atoms with Gasteiger partial charge in [-0.1, -0.05) is 0 Å². The molecule has 0 bridgehead atoms. The zero-order chi connectivity index (χ0) is 19.5. The van der Waals surface area contributed by atoms with Gasteiger partial charge in [0.05, 0.1) is 11.9 Å². The molecule has 1 aromatic carbocycles. The molecule has 0 fully saturated rings. The molecular weight excluding hydrogens is 358 g/mol. The minimum absolute atomic E-state index is 0.0586. The van der Waals surface area contributed by atoms with Gasteiger partial charge < -0.3 is 9.73 Å². The van der Waals surface area contributed by atoms with Crippen molar-refractivity contribution in [1.29, 1.82) is 0 Å². The van der Waals surface area contributed by atoms with E-state index in [0.717, 1.165) is 30.0 Å². The molecule has 0 saturated heterocycles. The fourth-order valence-electron chi connectivity index (χ4n) is 3.31. The van der Waals surface area contributed by atoms with Crippen LogP contribution in [0.2, 0.25) is 0 Å². The number of carbonyl (C=O) groups is 2. The van der Waals surface area contributed by atoms with Crippen molar-refractivity contribution in [2.24, 2.45) is 0 Å². The molecule has 1 aliphatic heterocycles. The van der Waals surface area contributed by atoms with Crippen molar-refractivity contribution >= 4 is 23.3 Å². The maximum atomic E-state index is 12.6. The van der Waals surface area contributed by atoms with Gasteiger partial charge in [0.1, 0.15) is 5.82 Å². The Kier molecular flexibility index (Phi) is 4.92. The maximum absolute atomic E-state index is 12.6. The molecule has 3 aromatic rings. The first kappa shape index (κ1) is 18.0. The summed E-state index contributed by atoms with van der Waals surface area (Å²) in [5.74, 6) is 1.23. The molecule has 0 atom stereocenters. The highest BCUT2D eigenvalue weighted by Crippen LogP contribution is 2.23. The molecule has 1 N–H and O–H groups in total. The molecule has 3 heterocycles. The molecule has 0 aliphatic carbocycles. The predicted octanol–water partition coefficient (Wildman–Crippen LogP) is 3.00. The summed E-state index contributed by atoms with van der Waals surface area (Å²) < 4.78 is 7.10. The summed E-state index contributed by atoms with van der Waals surface area (Å²) in [7, 11) is 0. The summed E-state index contributed by atoms with van der Waals surface area (Å²) in [6.45, 7) is 3.39. The third kappa shape index (κ3) is 3.80. The van der Waals surface area contributed by atoms with Crippen LogP contribution in [-0.4, -0.2) is 33.1 Å². The number of carbonyl (C=O) groups excluding carboxylic acids is 2.